The zero-order chi connectivity index (χ0) is 16.4. The highest BCUT2D eigenvalue weighted by Crippen LogP contribution is 2.49. The number of hydrogen-bond donors (Lipinski definition) is 1. The Morgan fingerprint density at radius 1 is 1.22 bits per heavy atom. The summed E-state index contributed by atoms with van der Waals surface area (Å²) in [5.41, 5.74) is 1.15. The third-order valence-corrected chi connectivity index (χ3v) is 5.15. The van der Waals surface area contributed by atoms with Gasteiger partial charge in [-0.2, -0.15) is 0 Å². The van der Waals surface area contributed by atoms with Gasteiger partial charge >= 0.3 is 5.97 Å². The molecule has 1 saturated heterocycles. The second-order valence-electron chi connectivity index (χ2n) is 6.20. The first-order chi connectivity index (χ1) is 11.1. The molecule has 23 heavy (non-hydrogen) atoms. The normalized spacial score (nSPS) is 24.2. The topological polar surface area (TPSA) is 66.8 Å². The number of nitrogens with zero attached hydrogens (tertiary/aromatic N) is 1. The number of carbonyl (C=O) groups excluding carboxylic acids is 1. The molecule has 2 fully saturated rings. The van der Waals surface area contributed by atoms with E-state index in [0.29, 0.717) is 26.1 Å². The lowest BCUT2D eigenvalue weighted by atomic mass is 10.0. The van der Waals surface area contributed by atoms with Crippen molar-refractivity contribution in [3.63, 3.8) is 0 Å². The Morgan fingerprint density at radius 3 is 2.48 bits per heavy atom. The van der Waals surface area contributed by atoms with Crippen LogP contribution in [0.4, 0.5) is 0 Å². The highest BCUT2D eigenvalue weighted by atomic mass is 79.9. The van der Waals surface area contributed by atoms with Gasteiger partial charge in [-0.05, 0) is 42.9 Å². The first-order valence-electron chi connectivity index (χ1n) is 7.91. The summed E-state index contributed by atoms with van der Waals surface area (Å²) in [6, 6.07) is 7.99. The highest BCUT2D eigenvalue weighted by molar-refractivity contribution is 9.10. The van der Waals surface area contributed by atoms with Crippen LogP contribution in [0.25, 0.3) is 0 Å². The average Bonchev–Trinajstić information content (AvgIpc) is 3.34. The monoisotopic (exact) mass is 381 g/mol. The number of amides is 1. The molecule has 124 valence electrons. The number of carboxylic acid groups (broad SMARTS) is 1. The van der Waals surface area contributed by atoms with Crippen molar-refractivity contribution in [2.75, 3.05) is 19.8 Å². The van der Waals surface area contributed by atoms with Crippen molar-refractivity contribution in [1.29, 1.82) is 0 Å². The molecule has 5 nitrogen and oxygen atoms in total. The molecular weight excluding hydrogens is 362 g/mol. The Kier molecular flexibility index (Phi) is 5.02. The molecule has 0 unspecified atom stereocenters. The highest BCUT2D eigenvalue weighted by Gasteiger charge is 2.47. The number of halogens is 1. The molecule has 1 saturated carbocycles. The minimum atomic E-state index is -0.953. The van der Waals surface area contributed by atoms with Crippen molar-refractivity contribution < 1.29 is 19.4 Å². The fraction of sp³-hybridized carbons (Fsp3) is 0.529. The Labute approximate surface area is 143 Å². The molecule has 2 aliphatic rings. The van der Waals surface area contributed by atoms with E-state index >= 15 is 0 Å². The third-order valence-electron chi connectivity index (χ3n) is 4.63. The maximum atomic E-state index is 12.8. The van der Waals surface area contributed by atoms with Gasteiger partial charge in [0.15, 0.2) is 0 Å². The van der Waals surface area contributed by atoms with Crippen molar-refractivity contribution in [3.05, 3.63) is 34.3 Å². The first-order valence-corrected chi connectivity index (χ1v) is 8.71. The lowest BCUT2D eigenvalue weighted by molar-refractivity contribution is -0.148. The van der Waals surface area contributed by atoms with Crippen LogP contribution in [0.5, 0.6) is 0 Å². The molecule has 3 rings (SSSR count). The number of ether oxygens (including phenoxy) is 1. The van der Waals surface area contributed by atoms with E-state index in [9.17, 15) is 9.59 Å². The molecule has 1 N–H and O–H groups in total. The molecule has 1 aromatic carbocycles. The van der Waals surface area contributed by atoms with Crippen LogP contribution in [-0.2, 0) is 14.3 Å². The zero-order valence-corrected chi connectivity index (χ0v) is 14.4. The van der Waals surface area contributed by atoms with Crippen molar-refractivity contribution in [1.82, 2.24) is 4.90 Å². The fourth-order valence-electron chi connectivity index (χ4n) is 3.29. The molecular formula is C17H20BrNO4. The molecule has 0 bridgehead atoms. The van der Waals surface area contributed by atoms with Gasteiger partial charge in [0.05, 0.1) is 0 Å². The molecule has 1 aromatic rings. The lowest BCUT2D eigenvalue weighted by Crippen LogP contribution is -2.46. The van der Waals surface area contributed by atoms with Crippen LogP contribution in [0.2, 0.25) is 0 Å². The molecule has 1 aliphatic carbocycles. The quantitative estimate of drug-likeness (QED) is 0.851. The minimum absolute atomic E-state index is 0.0153. The van der Waals surface area contributed by atoms with Crippen LogP contribution in [0.1, 0.15) is 30.7 Å². The van der Waals surface area contributed by atoms with E-state index in [1.165, 1.54) is 0 Å². The largest absolute Gasteiger partial charge is 0.480 e. The molecule has 0 radical (unpaired) electrons. The van der Waals surface area contributed by atoms with Crippen molar-refractivity contribution in [2.45, 2.75) is 31.2 Å². The van der Waals surface area contributed by atoms with Gasteiger partial charge in [-0.25, -0.2) is 0 Å². The van der Waals surface area contributed by atoms with Gasteiger partial charge in [-0.3, -0.25) is 9.59 Å². The summed E-state index contributed by atoms with van der Waals surface area (Å²) in [5, 5.41) is 9.15. The Hall–Kier alpha value is -1.40. The number of benzene rings is 1. The molecule has 1 amide bonds. The summed E-state index contributed by atoms with van der Waals surface area (Å²) in [6.45, 7) is 0.969. The van der Waals surface area contributed by atoms with E-state index in [2.05, 4.69) is 15.9 Å². The van der Waals surface area contributed by atoms with E-state index in [-0.39, 0.29) is 30.3 Å². The summed E-state index contributed by atoms with van der Waals surface area (Å²) in [4.78, 5) is 25.5. The summed E-state index contributed by atoms with van der Waals surface area (Å²) in [5.74, 6) is -0.844. The predicted octanol–water partition coefficient (Wildman–Crippen LogP) is 2.64. The Morgan fingerprint density at radius 2 is 1.87 bits per heavy atom. The van der Waals surface area contributed by atoms with Crippen LogP contribution in [-0.4, -0.2) is 47.7 Å². The van der Waals surface area contributed by atoms with Gasteiger partial charge in [0, 0.05) is 29.6 Å². The fourth-order valence-corrected chi connectivity index (χ4v) is 3.55. The van der Waals surface area contributed by atoms with E-state index in [0.717, 1.165) is 16.5 Å². The van der Waals surface area contributed by atoms with Crippen LogP contribution in [0.15, 0.2) is 28.7 Å². The van der Waals surface area contributed by atoms with Gasteiger partial charge in [0.1, 0.15) is 6.54 Å². The van der Waals surface area contributed by atoms with E-state index in [4.69, 9.17) is 9.84 Å². The molecule has 2 atom stereocenters. The summed E-state index contributed by atoms with van der Waals surface area (Å²) in [6.07, 6.45) is 2.24. The summed E-state index contributed by atoms with van der Waals surface area (Å²) >= 11 is 3.41. The van der Waals surface area contributed by atoms with Gasteiger partial charge < -0.3 is 14.7 Å². The number of carbonyl (C=O) groups is 2. The van der Waals surface area contributed by atoms with Crippen molar-refractivity contribution >= 4 is 27.8 Å². The summed E-state index contributed by atoms with van der Waals surface area (Å²) in [7, 11) is 0. The molecule has 1 heterocycles. The lowest BCUT2D eigenvalue weighted by Gasteiger charge is -2.33. The first kappa shape index (κ1) is 16.5. The minimum Gasteiger partial charge on any atom is -0.480 e. The zero-order valence-electron chi connectivity index (χ0n) is 12.8. The van der Waals surface area contributed by atoms with Crippen molar-refractivity contribution in [2.24, 2.45) is 5.92 Å². The second kappa shape index (κ2) is 7.01. The van der Waals surface area contributed by atoms with Crippen LogP contribution < -0.4 is 0 Å². The Bertz CT molecular complexity index is 583. The SMILES string of the molecule is O=C(O)CN(C(=O)[C@@H]1C[C@H]1c1ccc(Br)cc1)C1CCOCC1. The molecule has 1 aliphatic heterocycles. The number of hydrogen-bond acceptors (Lipinski definition) is 3. The van der Waals surface area contributed by atoms with Gasteiger partial charge in [0.2, 0.25) is 5.91 Å². The third kappa shape index (κ3) is 3.93. The van der Waals surface area contributed by atoms with Gasteiger partial charge in [-0.15, -0.1) is 0 Å². The van der Waals surface area contributed by atoms with E-state index in [1.807, 2.05) is 24.3 Å². The smallest absolute Gasteiger partial charge is 0.323 e. The summed E-state index contributed by atoms with van der Waals surface area (Å²) < 4.78 is 6.34. The van der Waals surface area contributed by atoms with E-state index < -0.39 is 5.97 Å². The Balaban J connectivity index is 1.68. The second-order valence-corrected chi connectivity index (χ2v) is 7.12. The van der Waals surface area contributed by atoms with Gasteiger partial charge in [-0.1, -0.05) is 28.1 Å². The van der Waals surface area contributed by atoms with Crippen molar-refractivity contribution in [3.8, 4) is 0 Å². The average molecular weight is 382 g/mol. The van der Waals surface area contributed by atoms with Crippen LogP contribution in [0, 0.1) is 5.92 Å². The van der Waals surface area contributed by atoms with Crippen LogP contribution >= 0.6 is 15.9 Å². The van der Waals surface area contributed by atoms with E-state index in [1.54, 1.807) is 4.90 Å². The number of rotatable bonds is 5. The maximum absolute atomic E-state index is 12.8. The van der Waals surface area contributed by atoms with Gasteiger partial charge in [0.25, 0.3) is 0 Å². The maximum Gasteiger partial charge on any atom is 0.323 e. The number of aliphatic carboxylic acids is 1. The number of carboxylic acids is 1. The standard InChI is InChI=1S/C17H20BrNO4/c18-12-3-1-11(2-4-12)14-9-15(14)17(22)19(10-16(20)21)13-5-7-23-8-6-13/h1-4,13-15H,5-10H2,(H,20,21)/t14-,15+/m0/s1. The molecule has 0 aromatic heterocycles. The molecule has 0 spiro atoms. The van der Waals surface area contributed by atoms with Crippen LogP contribution in [0.3, 0.4) is 0 Å². The predicted molar refractivity (Wildman–Crippen MR) is 88.2 cm³/mol. The molecule has 6 heteroatoms.